The van der Waals surface area contributed by atoms with E-state index in [9.17, 15) is 0 Å². The summed E-state index contributed by atoms with van der Waals surface area (Å²) in [4.78, 5) is 0. The van der Waals surface area contributed by atoms with Crippen molar-refractivity contribution in [2.24, 2.45) is 0 Å². The Labute approximate surface area is 139 Å². The summed E-state index contributed by atoms with van der Waals surface area (Å²) in [5, 5.41) is 3.69. The van der Waals surface area contributed by atoms with Gasteiger partial charge in [-0.2, -0.15) is 8.42 Å². The molecule has 0 amide bonds. The SMILES string of the molecule is CCC(Nc1ccccc1)S[S-].O=S(=O)(O)O.[Na+]. The van der Waals surface area contributed by atoms with Crippen molar-refractivity contribution >= 4 is 38.5 Å². The third kappa shape index (κ3) is 14.7. The predicted molar refractivity (Wildman–Crippen MR) is 73.3 cm³/mol. The van der Waals surface area contributed by atoms with Crippen molar-refractivity contribution in [2.45, 2.75) is 18.7 Å². The van der Waals surface area contributed by atoms with Gasteiger partial charge in [-0.05, 0) is 18.6 Å². The monoisotopic (exact) mass is 319 g/mol. The number of para-hydroxylation sites is 1. The largest absolute Gasteiger partial charge is 1.00 e. The third-order valence-corrected chi connectivity index (χ3v) is 2.97. The van der Waals surface area contributed by atoms with Gasteiger partial charge in [-0.25, -0.2) is 0 Å². The van der Waals surface area contributed by atoms with Gasteiger partial charge >= 0.3 is 40.0 Å². The van der Waals surface area contributed by atoms with Crippen molar-refractivity contribution in [3.05, 3.63) is 30.3 Å². The Hall–Kier alpha value is 0.590. The van der Waals surface area contributed by atoms with Crippen LogP contribution in [0.4, 0.5) is 5.69 Å². The normalized spacial score (nSPS) is 11.6. The Balaban J connectivity index is 0. The maximum absolute atomic E-state index is 8.74. The molecule has 0 radical (unpaired) electrons. The van der Waals surface area contributed by atoms with Gasteiger partial charge in [0, 0.05) is 11.1 Å². The fraction of sp³-hybridized carbons (Fsp3) is 0.333. The molecular weight excluding hydrogens is 305 g/mol. The minimum Gasteiger partial charge on any atom is -0.717 e. The van der Waals surface area contributed by atoms with Crippen LogP contribution in [-0.2, 0) is 22.1 Å². The fourth-order valence-corrected chi connectivity index (χ4v) is 1.79. The first-order valence-electron chi connectivity index (χ1n) is 4.67. The zero-order valence-electron chi connectivity index (χ0n) is 10.1. The summed E-state index contributed by atoms with van der Waals surface area (Å²) in [7, 11) is -3.23. The molecule has 98 valence electrons. The molecule has 1 aromatic rings. The molecule has 0 aromatic heterocycles. The van der Waals surface area contributed by atoms with Crippen LogP contribution in [0.25, 0.3) is 0 Å². The van der Waals surface area contributed by atoms with Crippen molar-refractivity contribution in [1.82, 2.24) is 0 Å². The smallest absolute Gasteiger partial charge is 0.717 e. The van der Waals surface area contributed by atoms with Gasteiger partial charge in [0.2, 0.25) is 0 Å². The molecule has 0 fully saturated rings. The van der Waals surface area contributed by atoms with Crippen LogP contribution in [0.15, 0.2) is 30.3 Å². The maximum Gasteiger partial charge on any atom is 1.00 e. The second-order valence-electron chi connectivity index (χ2n) is 2.95. The molecule has 5 nitrogen and oxygen atoms in total. The Morgan fingerprint density at radius 1 is 1.33 bits per heavy atom. The van der Waals surface area contributed by atoms with Crippen molar-refractivity contribution < 1.29 is 47.1 Å². The Kier molecular flexibility index (Phi) is 13.3. The minimum absolute atomic E-state index is 0. The molecule has 3 N–H and O–H groups in total. The molecule has 0 aliphatic carbocycles. The van der Waals surface area contributed by atoms with Gasteiger partial charge in [0.25, 0.3) is 0 Å². The third-order valence-electron chi connectivity index (χ3n) is 1.59. The van der Waals surface area contributed by atoms with E-state index in [2.05, 4.69) is 12.2 Å². The van der Waals surface area contributed by atoms with E-state index in [4.69, 9.17) is 29.2 Å². The first-order valence-corrected chi connectivity index (χ1v) is 7.87. The van der Waals surface area contributed by atoms with Gasteiger partial charge in [0.1, 0.15) is 0 Å². The van der Waals surface area contributed by atoms with Crippen molar-refractivity contribution in [2.75, 3.05) is 5.32 Å². The van der Waals surface area contributed by atoms with Crippen LogP contribution in [0.2, 0.25) is 0 Å². The maximum atomic E-state index is 8.74. The fourth-order valence-electron chi connectivity index (χ4n) is 0.914. The first-order chi connectivity index (χ1) is 7.86. The second-order valence-corrected chi connectivity index (χ2v) is 5.19. The van der Waals surface area contributed by atoms with Gasteiger partial charge in [-0.15, -0.1) is 0 Å². The van der Waals surface area contributed by atoms with Crippen molar-refractivity contribution in [3.63, 3.8) is 0 Å². The number of hydrogen-bond acceptors (Lipinski definition) is 5. The molecule has 0 saturated heterocycles. The zero-order valence-corrected chi connectivity index (χ0v) is 14.6. The zero-order chi connectivity index (χ0) is 13.3. The van der Waals surface area contributed by atoms with E-state index in [1.165, 1.54) is 10.8 Å². The molecule has 0 saturated carbocycles. The Morgan fingerprint density at radius 2 is 1.78 bits per heavy atom. The summed E-state index contributed by atoms with van der Waals surface area (Å²) >= 11 is 4.93. The van der Waals surface area contributed by atoms with Gasteiger partial charge in [-0.3, -0.25) is 9.11 Å². The number of rotatable bonds is 4. The van der Waals surface area contributed by atoms with Crippen LogP contribution in [-0.4, -0.2) is 22.9 Å². The van der Waals surface area contributed by atoms with Crippen LogP contribution in [0.5, 0.6) is 0 Å². The quantitative estimate of drug-likeness (QED) is 0.224. The molecule has 9 heteroatoms. The average Bonchev–Trinajstić information content (AvgIpc) is 2.25. The van der Waals surface area contributed by atoms with E-state index in [-0.39, 0.29) is 29.6 Å². The summed E-state index contributed by atoms with van der Waals surface area (Å²) in [5.74, 6) is 0. The van der Waals surface area contributed by atoms with E-state index < -0.39 is 10.4 Å². The van der Waals surface area contributed by atoms with E-state index in [0.29, 0.717) is 5.37 Å². The predicted octanol–water partition coefficient (Wildman–Crippen LogP) is -0.619. The Bertz CT molecular complexity index is 390. The van der Waals surface area contributed by atoms with E-state index in [1.807, 2.05) is 30.3 Å². The van der Waals surface area contributed by atoms with Crippen LogP contribution < -0.4 is 34.9 Å². The average molecular weight is 319 g/mol. The second kappa shape index (κ2) is 11.4. The summed E-state index contributed by atoms with van der Waals surface area (Å²) in [6.45, 7) is 2.12. The van der Waals surface area contributed by atoms with E-state index >= 15 is 0 Å². The van der Waals surface area contributed by atoms with Crippen LogP contribution >= 0.6 is 10.8 Å². The molecule has 1 atom stereocenters. The topological polar surface area (TPSA) is 86.6 Å². The molecule has 0 bridgehead atoms. The van der Waals surface area contributed by atoms with Crippen LogP contribution in [0.3, 0.4) is 0 Å². The molecule has 0 aliphatic rings. The first kappa shape index (κ1) is 20.9. The van der Waals surface area contributed by atoms with Crippen LogP contribution in [0, 0.1) is 0 Å². The molecule has 1 unspecified atom stereocenters. The number of hydrogen-bond donors (Lipinski definition) is 3. The summed E-state index contributed by atoms with van der Waals surface area (Å²) in [6.07, 6.45) is 1.04. The number of benzene rings is 1. The molecule has 18 heavy (non-hydrogen) atoms. The van der Waals surface area contributed by atoms with E-state index in [0.717, 1.165) is 12.1 Å². The number of anilines is 1. The Morgan fingerprint density at radius 3 is 2.11 bits per heavy atom. The minimum atomic E-state index is -4.67. The van der Waals surface area contributed by atoms with Crippen molar-refractivity contribution in [1.29, 1.82) is 0 Å². The molecule has 0 aliphatic heterocycles. The van der Waals surface area contributed by atoms with Crippen LogP contribution in [0.1, 0.15) is 13.3 Å². The summed E-state index contributed by atoms with van der Waals surface area (Å²) in [5.41, 5.74) is 1.14. The number of nitrogens with one attached hydrogen (secondary N) is 1. The van der Waals surface area contributed by atoms with Gasteiger partial charge < -0.3 is 27.8 Å². The molecule has 0 heterocycles. The van der Waals surface area contributed by atoms with Crippen molar-refractivity contribution in [3.8, 4) is 0 Å². The van der Waals surface area contributed by atoms with E-state index in [1.54, 1.807) is 0 Å². The summed E-state index contributed by atoms with van der Waals surface area (Å²) < 4.78 is 31.6. The van der Waals surface area contributed by atoms with Gasteiger partial charge in [0.15, 0.2) is 0 Å². The molecule has 1 rings (SSSR count). The van der Waals surface area contributed by atoms with Gasteiger partial charge in [-0.1, -0.05) is 25.1 Å². The summed E-state index contributed by atoms with van der Waals surface area (Å²) in [6, 6.07) is 10.1. The van der Waals surface area contributed by atoms with Gasteiger partial charge in [0.05, 0.1) is 0 Å². The standard InChI is InChI=1S/C9H13NS2.Na.H2O4S/c1-2-9(12-11)10-8-6-4-3-5-7-8;;1-5(2,3)4/h3-7,9-11H,2H2,1H3;;(H2,1,2,3,4)/q;+1;/p-1. The molecular formula is C9H14NNaO4S3. The molecule has 0 spiro atoms. The molecule has 1 aromatic carbocycles.